The fraction of sp³-hybridized carbons (Fsp3) is 0.944. The van der Waals surface area contributed by atoms with Crippen LogP contribution in [0.25, 0.3) is 0 Å². The molecule has 0 radical (unpaired) electrons. The lowest BCUT2D eigenvalue weighted by Crippen LogP contribution is -2.30. The van der Waals surface area contributed by atoms with Gasteiger partial charge in [-0.1, -0.05) is 33.1 Å². The summed E-state index contributed by atoms with van der Waals surface area (Å²) in [6, 6.07) is 0. The number of carboxylic acid groups (broad SMARTS) is 1. The standard InChI is InChI=1S/C18H36O4/c1-5-6-7-11-17(3,21)13-9-14-18(4,22)12-8-10-15(2)16(19)20/h15,21-22H,5-14H2,1-4H3,(H,19,20)/p-1. The van der Waals surface area contributed by atoms with Crippen molar-refractivity contribution in [2.75, 3.05) is 0 Å². The summed E-state index contributed by atoms with van der Waals surface area (Å²) in [6.45, 7) is 7.45. The van der Waals surface area contributed by atoms with Gasteiger partial charge in [0.05, 0.1) is 11.2 Å². The average Bonchev–Trinajstić information content (AvgIpc) is 2.37. The van der Waals surface area contributed by atoms with E-state index in [2.05, 4.69) is 6.92 Å². The van der Waals surface area contributed by atoms with Gasteiger partial charge >= 0.3 is 0 Å². The molecule has 22 heavy (non-hydrogen) atoms. The molecule has 0 spiro atoms. The minimum Gasteiger partial charge on any atom is -0.550 e. The van der Waals surface area contributed by atoms with E-state index in [0.717, 1.165) is 32.1 Å². The second kappa shape index (κ2) is 10.2. The Morgan fingerprint density at radius 3 is 1.86 bits per heavy atom. The number of hydrogen-bond acceptors (Lipinski definition) is 4. The van der Waals surface area contributed by atoms with Crippen LogP contribution >= 0.6 is 0 Å². The smallest absolute Gasteiger partial charge is 0.0619 e. The fourth-order valence-electron chi connectivity index (χ4n) is 2.76. The molecule has 0 saturated carbocycles. The molecule has 0 bridgehead atoms. The zero-order valence-corrected chi connectivity index (χ0v) is 14.9. The van der Waals surface area contributed by atoms with Gasteiger partial charge in [0, 0.05) is 5.97 Å². The minimum absolute atomic E-state index is 0.463. The quantitative estimate of drug-likeness (QED) is 0.512. The molecule has 0 amide bonds. The van der Waals surface area contributed by atoms with Crippen molar-refractivity contribution in [3.05, 3.63) is 0 Å². The number of unbranched alkanes of at least 4 members (excludes halogenated alkanes) is 2. The van der Waals surface area contributed by atoms with Crippen molar-refractivity contribution >= 4 is 5.97 Å². The van der Waals surface area contributed by atoms with Gasteiger partial charge in [0.1, 0.15) is 0 Å². The topological polar surface area (TPSA) is 80.6 Å². The lowest BCUT2D eigenvalue weighted by atomic mass is 9.87. The second-order valence-electron chi connectivity index (χ2n) is 7.42. The van der Waals surface area contributed by atoms with Crippen LogP contribution in [0.15, 0.2) is 0 Å². The maximum atomic E-state index is 10.6. The Balaban J connectivity index is 3.93. The van der Waals surface area contributed by atoms with Gasteiger partial charge in [-0.05, 0) is 64.7 Å². The summed E-state index contributed by atoms with van der Waals surface area (Å²) in [5, 5.41) is 31.3. The number of aliphatic hydroxyl groups is 2. The van der Waals surface area contributed by atoms with Crippen LogP contribution in [0.5, 0.6) is 0 Å². The van der Waals surface area contributed by atoms with E-state index in [-0.39, 0.29) is 0 Å². The summed E-state index contributed by atoms with van der Waals surface area (Å²) in [5.41, 5.74) is -1.43. The molecule has 0 saturated heterocycles. The normalized spacial score (nSPS) is 18.5. The van der Waals surface area contributed by atoms with E-state index in [0.29, 0.717) is 32.1 Å². The van der Waals surface area contributed by atoms with Gasteiger partial charge in [0.25, 0.3) is 0 Å². The van der Waals surface area contributed by atoms with Gasteiger partial charge < -0.3 is 20.1 Å². The van der Waals surface area contributed by atoms with Crippen molar-refractivity contribution < 1.29 is 20.1 Å². The van der Waals surface area contributed by atoms with Gasteiger partial charge in [-0.15, -0.1) is 0 Å². The molecule has 2 N–H and O–H groups in total. The zero-order valence-electron chi connectivity index (χ0n) is 14.9. The Bertz CT molecular complexity index is 310. The summed E-state index contributed by atoms with van der Waals surface area (Å²) >= 11 is 0. The van der Waals surface area contributed by atoms with Crippen LogP contribution in [0.3, 0.4) is 0 Å². The van der Waals surface area contributed by atoms with Crippen molar-refractivity contribution in [2.24, 2.45) is 5.92 Å². The molecule has 0 aromatic carbocycles. The van der Waals surface area contributed by atoms with Crippen LogP contribution in [0, 0.1) is 5.92 Å². The van der Waals surface area contributed by atoms with Gasteiger partial charge in [-0.2, -0.15) is 0 Å². The molecule has 0 aromatic rings. The molecular formula is C18H35O4-. The highest BCUT2D eigenvalue weighted by Crippen LogP contribution is 2.26. The van der Waals surface area contributed by atoms with E-state index in [1.165, 1.54) is 0 Å². The maximum absolute atomic E-state index is 10.6. The van der Waals surface area contributed by atoms with Crippen molar-refractivity contribution in [2.45, 2.75) is 103 Å². The summed E-state index contributed by atoms with van der Waals surface area (Å²) in [7, 11) is 0. The molecule has 3 atom stereocenters. The third-order valence-corrected chi connectivity index (χ3v) is 4.50. The number of aliphatic carboxylic acids is 1. The van der Waals surface area contributed by atoms with Crippen LogP contribution in [-0.2, 0) is 4.79 Å². The molecule has 132 valence electrons. The Hall–Kier alpha value is -0.610. The van der Waals surface area contributed by atoms with Crippen LogP contribution in [0.4, 0.5) is 0 Å². The molecule has 0 aliphatic carbocycles. The fourth-order valence-corrected chi connectivity index (χ4v) is 2.76. The zero-order chi connectivity index (χ0) is 17.2. The monoisotopic (exact) mass is 315 g/mol. The Labute approximate surface area is 135 Å². The largest absolute Gasteiger partial charge is 0.550 e. The minimum atomic E-state index is -1.03. The molecule has 0 rings (SSSR count). The highest BCUT2D eigenvalue weighted by atomic mass is 16.4. The molecule has 0 fully saturated rings. The number of carbonyl (C=O) groups excluding carboxylic acids is 1. The van der Waals surface area contributed by atoms with E-state index in [4.69, 9.17) is 0 Å². The molecule has 0 heterocycles. The Morgan fingerprint density at radius 2 is 1.41 bits per heavy atom. The van der Waals surface area contributed by atoms with E-state index in [1.807, 2.05) is 6.92 Å². The van der Waals surface area contributed by atoms with E-state index >= 15 is 0 Å². The molecule has 0 aromatic heterocycles. The number of hydrogen-bond donors (Lipinski definition) is 2. The van der Waals surface area contributed by atoms with Crippen LogP contribution in [-0.4, -0.2) is 27.4 Å². The Kier molecular flexibility index (Phi) is 9.94. The number of carboxylic acids is 1. The van der Waals surface area contributed by atoms with Crippen molar-refractivity contribution in [1.29, 1.82) is 0 Å². The van der Waals surface area contributed by atoms with Gasteiger partial charge in [0.15, 0.2) is 0 Å². The van der Waals surface area contributed by atoms with Crippen molar-refractivity contribution in [3.63, 3.8) is 0 Å². The molecular weight excluding hydrogens is 280 g/mol. The first-order chi connectivity index (χ1) is 10.1. The molecule has 0 aliphatic rings. The molecule has 0 aliphatic heterocycles. The average molecular weight is 315 g/mol. The highest BCUT2D eigenvalue weighted by molar-refractivity contribution is 5.66. The Morgan fingerprint density at radius 1 is 0.955 bits per heavy atom. The summed E-state index contributed by atoms with van der Waals surface area (Å²) in [4.78, 5) is 10.6. The molecule has 3 unspecified atom stereocenters. The van der Waals surface area contributed by atoms with Crippen LogP contribution < -0.4 is 5.11 Å². The first kappa shape index (κ1) is 21.4. The number of carbonyl (C=O) groups is 1. The van der Waals surface area contributed by atoms with Crippen LogP contribution in [0.2, 0.25) is 0 Å². The lowest BCUT2D eigenvalue weighted by molar-refractivity contribution is -0.311. The lowest BCUT2D eigenvalue weighted by Gasteiger charge is -2.27. The van der Waals surface area contributed by atoms with Crippen molar-refractivity contribution in [3.8, 4) is 0 Å². The van der Waals surface area contributed by atoms with E-state index < -0.39 is 23.1 Å². The number of rotatable bonds is 13. The summed E-state index contributed by atoms with van der Waals surface area (Å²) in [5.74, 6) is -1.49. The van der Waals surface area contributed by atoms with E-state index in [1.54, 1.807) is 13.8 Å². The van der Waals surface area contributed by atoms with E-state index in [9.17, 15) is 20.1 Å². The van der Waals surface area contributed by atoms with Gasteiger partial charge in [0.2, 0.25) is 0 Å². The first-order valence-corrected chi connectivity index (χ1v) is 8.75. The van der Waals surface area contributed by atoms with Gasteiger partial charge in [-0.3, -0.25) is 0 Å². The van der Waals surface area contributed by atoms with Crippen LogP contribution in [0.1, 0.15) is 91.9 Å². The highest BCUT2D eigenvalue weighted by Gasteiger charge is 2.24. The molecule has 4 nitrogen and oxygen atoms in total. The first-order valence-electron chi connectivity index (χ1n) is 8.75. The predicted octanol–water partition coefficient (Wildman–Crippen LogP) is 2.80. The SMILES string of the molecule is CCCCCC(C)(O)CCCC(C)(O)CCCC(C)C(=O)[O-]. The van der Waals surface area contributed by atoms with Gasteiger partial charge in [-0.25, -0.2) is 0 Å². The van der Waals surface area contributed by atoms with Crippen molar-refractivity contribution in [1.82, 2.24) is 0 Å². The second-order valence-corrected chi connectivity index (χ2v) is 7.42. The summed E-state index contributed by atoms with van der Waals surface area (Å²) < 4.78 is 0. The predicted molar refractivity (Wildman–Crippen MR) is 87.3 cm³/mol. The molecule has 4 heteroatoms. The summed E-state index contributed by atoms with van der Waals surface area (Å²) in [6.07, 6.45) is 8.05. The maximum Gasteiger partial charge on any atom is 0.0619 e. The third kappa shape index (κ3) is 11.0. The third-order valence-electron chi connectivity index (χ3n) is 4.50.